The van der Waals surface area contributed by atoms with Gasteiger partial charge in [0.15, 0.2) is 0 Å². The van der Waals surface area contributed by atoms with Gasteiger partial charge in [0.25, 0.3) is 0 Å². The molecule has 0 atom stereocenters. The summed E-state index contributed by atoms with van der Waals surface area (Å²) in [6.07, 6.45) is -1.19. The third-order valence-electron chi connectivity index (χ3n) is 3.66. The number of aliphatic carboxylic acids is 1. The standard InChI is InChI=1S/C16H12F2N2O3/c17-16(18,15(21)22)8-14(20-23)9-5-6-11-10-3-1-2-4-12(10)19-13(11)7-9/h1-7,19,23H,8H2,(H,21,22)/b20-14+. The molecule has 7 heteroatoms. The van der Waals surface area contributed by atoms with Gasteiger partial charge in [-0.3, -0.25) is 0 Å². The molecule has 0 fully saturated rings. The van der Waals surface area contributed by atoms with E-state index in [4.69, 9.17) is 10.3 Å². The summed E-state index contributed by atoms with van der Waals surface area (Å²) in [5, 5.41) is 22.2. The van der Waals surface area contributed by atoms with Gasteiger partial charge >= 0.3 is 11.9 Å². The van der Waals surface area contributed by atoms with Gasteiger partial charge in [-0.15, -0.1) is 0 Å². The highest BCUT2D eigenvalue weighted by atomic mass is 19.3. The highest BCUT2D eigenvalue weighted by molar-refractivity contribution is 6.11. The molecule has 0 saturated carbocycles. The van der Waals surface area contributed by atoms with E-state index in [1.165, 1.54) is 6.07 Å². The first-order valence-corrected chi connectivity index (χ1v) is 6.75. The zero-order valence-electron chi connectivity index (χ0n) is 11.8. The van der Waals surface area contributed by atoms with Crippen LogP contribution in [0.15, 0.2) is 47.6 Å². The molecule has 3 aromatic rings. The molecule has 0 radical (unpaired) electrons. The van der Waals surface area contributed by atoms with E-state index < -0.39 is 24.0 Å². The number of nitrogens with zero attached hydrogens (tertiary/aromatic N) is 1. The Kier molecular flexibility index (Phi) is 3.48. The summed E-state index contributed by atoms with van der Waals surface area (Å²) in [7, 11) is 0. The number of fused-ring (bicyclic) bond motifs is 3. The largest absolute Gasteiger partial charge is 0.477 e. The van der Waals surface area contributed by atoms with Gasteiger partial charge in [-0.05, 0) is 12.1 Å². The molecule has 5 nitrogen and oxygen atoms in total. The third-order valence-corrected chi connectivity index (χ3v) is 3.66. The lowest BCUT2D eigenvalue weighted by Crippen LogP contribution is -2.31. The normalized spacial score (nSPS) is 12.9. The lowest BCUT2D eigenvalue weighted by molar-refractivity contribution is -0.163. The van der Waals surface area contributed by atoms with E-state index in [-0.39, 0.29) is 5.56 Å². The molecule has 118 valence electrons. The number of rotatable bonds is 4. The van der Waals surface area contributed by atoms with Crippen LogP contribution in [-0.4, -0.2) is 32.9 Å². The van der Waals surface area contributed by atoms with Crippen LogP contribution in [0, 0.1) is 0 Å². The van der Waals surface area contributed by atoms with Gasteiger partial charge in [0.2, 0.25) is 0 Å². The van der Waals surface area contributed by atoms with Gasteiger partial charge in [-0.1, -0.05) is 35.5 Å². The Morgan fingerprint density at radius 2 is 1.83 bits per heavy atom. The lowest BCUT2D eigenvalue weighted by Gasteiger charge is -2.12. The minimum atomic E-state index is -4.00. The average Bonchev–Trinajstić information content (AvgIpc) is 2.90. The number of hydrogen-bond acceptors (Lipinski definition) is 3. The Labute approximate surface area is 128 Å². The fraction of sp³-hybridized carbons (Fsp3) is 0.125. The molecule has 0 aliphatic heterocycles. The molecule has 1 aromatic heterocycles. The second-order valence-corrected chi connectivity index (χ2v) is 5.16. The Morgan fingerprint density at radius 1 is 1.13 bits per heavy atom. The van der Waals surface area contributed by atoms with Crippen LogP contribution in [0.4, 0.5) is 8.78 Å². The molecular formula is C16H12F2N2O3. The molecule has 3 N–H and O–H groups in total. The number of carbonyl (C=O) groups is 1. The molecule has 1 heterocycles. The predicted molar refractivity (Wildman–Crippen MR) is 81.3 cm³/mol. The maximum absolute atomic E-state index is 13.4. The van der Waals surface area contributed by atoms with Crippen LogP contribution in [0.5, 0.6) is 0 Å². The highest BCUT2D eigenvalue weighted by Crippen LogP contribution is 2.28. The number of halogens is 2. The van der Waals surface area contributed by atoms with Crippen LogP contribution in [0.25, 0.3) is 21.8 Å². The first-order chi connectivity index (χ1) is 10.9. The summed E-state index contributed by atoms with van der Waals surface area (Å²) in [4.78, 5) is 13.7. The summed E-state index contributed by atoms with van der Waals surface area (Å²) >= 11 is 0. The number of nitrogens with one attached hydrogen (secondary N) is 1. The van der Waals surface area contributed by atoms with Crippen molar-refractivity contribution in [3.05, 3.63) is 48.0 Å². The van der Waals surface area contributed by atoms with Gasteiger partial charge in [-0.2, -0.15) is 8.78 Å². The molecular weight excluding hydrogens is 306 g/mol. The fourth-order valence-corrected chi connectivity index (χ4v) is 2.52. The molecule has 0 amide bonds. The Morgan fingerprint density at radius 3 is 2.52 bits per heavy atom. The van der Waals surface area contributed by atoms with Crippen molar-refractivity contribution in [1.29, 1.82) is 0 Å². The van der Waals surface area contributed by atoms with Crippen LogP contribution < -0.4 is 0 Å². The fourth-order valence-electron chi connectivity index (χ4n) is 2.52. The SMILES string of the molecule is O=C(O)C(F)(F)C/C(=N\O)c1ccc2c(c1)[nH]c1ccccc12. The van der Waals surface area contributed by atoms with Gasteiger partial charge in [0.05, 0.1) is 12.1 Å². The number of aromatic amines is 1. The first kappa shape index (κ1) is 15.0. The zero-order chi connectivity index (χ0) is 16.6. The predicted octanol–water partition coefficient (Wildman–Crippen LogP) is 3.61. The maximum Gasteiger partial charge on any atom is 0.374 e. The van der Waals surface area contributed by atoms with Crippen molar-refractivity contribution in [3.8, 4) is 0 Å². The molecule has 0 aliphatic rings. The molecule has 0 aliphatic carbocycles. The monoisotopic (exact) mass is 318 g/mol. The second kappa shape index (κ2) is 5.35. The van der Waals surface area contributed by atoms with Crippen LogP contribution in [0.3, 0.4) is 0 Å². The number of carboxylic acids is 1. The number of alkyl halides is 2. The molecule has 0 unspecified atom stereocenters. The van der Waals surface area contributed by atoms with Crippen molar-refractivity contribution in [3.63, 3.8) is 0 Å². The van der Waals surface area contributed by atoms with Gasteiger partial charge in [-0.25, -0.2) is 4.79 Å². The quantitative estimate of drug-likeness (QED) is 0.390. The Bertz CT molecular complexity index is 931. The van der Waals surface area contributed by atoms with E-state index >= 15 is 0 Å². The number of hydrogen-bond donors (Lipinski definition) is 3. The van der Waals surface area contributed by atoms with Crippen LogP contribution in [0.1, 0.15) is 12.0 Å². The van der Waals surface area contributed by atoms with E-state index in [1.807, 2.05) is 24.3 Å². The minimum Gasteiger partial charge on any atom is -0.477 e. The number of aromatic nitrogens is 1. The zero-order valence-corrected chi connectivity index (χ0v) is 11.8. The van der Waals surface area contributed by atoms with E-state index in [9.17, 15) is 13.6 Å². The van der Waals surface area contributed by atoms with Gasteiger partial charge < -0.3 is 15.3 Å². The minimum absolute atomic E-state index is 0.229. The number of para-hydroxylation sites is 1. The first-order valence-electron chi connectivity index (χ1n) is 6.75. The van der Waals surface area contributed by atoms with Crippen molar-refractivity contribution in [2.24, 2.45) is 5.16 Å². The average molecular weight is 318 g/mol. The Hall–Kier alpha value is -2.96. The van der Waals surface area contributed by atoms with Crippen molar-refractivity contribution >= 4 is 33.5 Å². The summed E-state index contributed by atoms with van der Waals surface area (Å²) in [6, 6.07) is 12.4. The highest BCUT2D eigenvalue weighted by Gasteiger charge is 2.40. The van der Waals surface area contributed by atoms with E-state index in [0.717, 1.165) is 16.3 Å². The lowest BCUT2D eigenvalue weighted by atomic mass is 10.0. The van der Waals surface area contributed by atoms with E-state index in [0.29, 0.717) is 5.52 Å². The van der Waals surface area contributed by atoms with Crippen molar-refractivity contribution in [2.45, 2.75) is 12.3 Å². The third kappa shape index (κ3) is 2.61. The molecule has 0 saturated heterocycles. The number of oxime groups is 1. The van der Waals surface area contributed by atoms with Gasteiger partial charge in [0, 0.05) is 27.4 Å². The number of carboxylic acid groups (broad SMARTS) is 1. The molecule has 0 spiro atoms. The van der Waals surface area contributed by atoms with Crippen molar-refractivity contribution in [1.82, 2.24) is 4.98 Å². The molecule has 0 bridgehead atoms. The summed E-state index contributed by atoms with van der Waals surface area (Å²) < 4.78 is 26.7. The van der Waals surface area contributed by atoms with E-state index in [1.54, 1.807) is 12.1 Å². The maximum atomic E-state index is 13.4. The molecule has 3 rings (SSSR count). The van der Waals surface area contributed by atoms with E-state index in [2.05, 4.69) is 10.1 Å². The Balaban J connectivity index is 2.05. The number of benzene rings is 2. The molecule has 23 heavy (non-hydrogen) atoms. The van der Waals surface area contributed by atoms with Crippen molar-refractivity contribution in [2.75, 3.05) is 0 Å². The summed E-state index contributed by atoms with van der Waals surface area (Å²) in [6.45, 7) is 0. The number of H-pyrrole nitrogens is 1. The van der Waals surface area contributed by atoms with Gasteiger partial charge in [0.1, 0.15) is 0 Å². The van der Waals surface area contributed by atoms with Crippen LogP contribution in [0.2, 0.25) is 0 Å². The van der Waals surface area contributed by atoms with Crippen LogP contribution >= 0.6 is 0 Å². The summed E-state index contributed by atoms with van der Waals surface area (Å²) in [5.74, 6) is -6.26. The topological polar surface area (TPSA) is 85.7 Å². The summed E-state index contributed by atoms with van der Waals surface area (Å²) in [5.41, 5.74) is 1.41. The van der Waals surface area contributed by atoms with Crippen LogP contribution in [-0.2, 0) is 4.79 Å². The second-order valence-electron chi connectivity index (χ2n) is 5.16. The smallest absolute Gasteiger partial charge is 0.374 e. The molecule has 2 aromatic carbocycles. The van der Waals surface area contributed by atoms with Crippen molar-refractivity contribution < 1.29 is 23.9 Å².